The molecule has 1 atom stereocenters. The first-order chi connectivity index (χ1) is 17.4. The van der Waals surface area contributed by atoms with Crippen molar-refractivity contribution in [2.45, 2.75) is 38.3 Å². The second-order valence-corrected chi connectivity index (χ2v) is 9.96. The second-order valence-electron chi connectivity index (χ2n) is 9.96. The van der Waals surface area contributed by atoms with E-state index in [1.807, 2.05) is 30.6 Å². The molecule has 3 aromatic heterocycles. The zero-order chi connectivity index (χ0) is 24.7. The number of alkyl halides is 2. The van der Waals surface area contributed by atoms with E-state index in [0.717, 1.165) is 54.2 Å². The first kappa shape index (κ1) is 23.1. The molecule has 10 heteroatoms. The van der Waals surface area contributed by atoms with E-state index in [-0.39, 0.29) is 18.8 Å². The largest absolute Gasteiger partial charge is 0.324 e. The summed E-state index contributed by atoms with van der Waals surface area (Å²) < 4.78 is 28.0. The lowest BCUT2D eigenvalue weighted by atomic mass is 9.81. The minimum Gasteiger partial charge on any atom is -0.324 e. The Kier molecular flexibility index (Phi) is 5.93. The van der Waals surface area contributed by atoms with E-state index in [1.54, 1.807) is 10.9 Å². The third kappa shape index (κ3) is 4.83. The van der Waals surface area contributed by atoms with Gasteiger partial charge in [-0.15, -0.1) is 0 Å². The number of aromatic nitrogens is 5. The number of hydrogen-bond acceptors (Lipinski definition) is 6. The molecule has 4 aromatic rings. The van der Waals surface area contributed by atoms with Crippen LogP contribution >= 0.6 is 0 Å². The molecular weight excluding hydrogens is 462 g/mol. The Bertz CT molecular complexity index is 1350. The monoisotopic (exact) mass is 492 g/mol. The number of fused-ring (bicyclic) bond motifs is 1. The summed E-state index contributed by atoms with van der Waals surface area (Å²) in [6.07, 6.45) is 5.43. The molecule has 1 aliphatic heterocycles. The van der Waals surface area contributed by atoms with E-state index in [9.17, 15) is 8.78 Å². The molecule has 0 bridgehead atoms. The molecule has 4 heterocycles. The molecule has 36 heavy (non-hydrogen) atoms. The first-order valence-electron chi connectivity index (χ1n) is 12.5. The van der Waals surface area contributed by atoms with Gasteiger partial charge in [0.05, 0.1) is 17.2 Å². The summed E-state index contributed by atoms with van der Waals surface area (Å²) in [5, 5.41) is 11.1. The fourth-order valence-corrected chi connectivity index (χ4v) is 5.22. The molecule has 0 amide bonds. The van der Waals surface area contributed by atoms with Crippen LogP contribution < -0.4 is 10.6 Å². The molecule has 0 radical (unpaired) electrons. The van der Waals surface area contributed by atoms with Crippen molar-refractivity contribution >= 4 is 22.8 Å². The van der Waals surface area contributed by atoms with Crippen LogP contribution in [0.15, 0.2) is 48.9 Å². The van der Waals surface area contributed by atoms with E-state index in [2.05, 4.69) is 54.6 Å². The number of pyridine rings is 1. The third-order valence-corrected chi connectivity index (χ3v) is 7.28. The number of halogens is 2. The highest BCUT2D eigenvalue weighted by Crippen LogP contribution is 2.43. The third-order valence-electron chi connectivity index (χ3n) is 7.28. The van der Waals surface area contributed by atoms with Crippen LogP contribution in [0.1, 0.15) is 31.4 Å². The van der Waals surface area contributed by atoms with Crippen LogP contribution in [0.4, 0.5) is 20.5 Å². The van der Waals surface area contributed by atoms with Crippen LogP contribution in [0.3, 0.4) is 0 Å². The van der Waals surface area contributed by atoms with Crippen molar-refractivity contribution in [3.8, 4) is 11.1 Å². The van der Waals surface area contributed by atoms with Crippen molar-refractivity contribution in [2.75, 3.05) is 31.5 Å². The van der Waals surface area contributed by atoms with Crippen molar-refractivity contribution in [3.63, 3.8) is 0 Å². The number of anilines is 2. The fourth-order valence-electron chi connectivity index (χ4n) is 5.22. The number of benzene rings is 1. The van der Waals surface area contributed by atoms with Gasteiger partial charge in [-0.05, 0) is 48.2 Å². The van der Waals surface area contributed by atoms with Crippen LogP contribution in [0.2, 0.25) is 0 Å². The molecule has 1 saturated heterocycles. The van der Waals surface area contributed by atoms with Gasteiger partial charge in [-0.1, -0.05) is 6.07 Å². The maximum Gasteiger partial charge on any atom is 0.248 e. The smallest absolute Gasteiger partial charge is 0.248 e. The number of nitrogens with one attached hydrogen (secondary N) is 3. The summed E-state index contributed by atoms with van der Waals surface area (Å²) in [7, 11) is 0. The van der Waals surface area contributed by atoms with Gasteiger partial charge in [0.1, 0.15) is 5.82 Å². The van der Waals surface area contributed by atoms with Gasteiger partial charge in [0.15, 0.2) is 0 Å². The minimum absolute atomic E-state index is 0.0107. The summed E-state index contributed by atoms with van der Waals surface area (Å²) in [5.74, 6) is -1.14. The fraction of sp³-hybridized carbons (Fsp3) is 0.423. The van der Waals surface area contributed by atoms with Crippen LogP contribution in [0.25, 0.3) is 22.2 Å². The number of nitrogens with zero attached hydrogens (tertiary/aromatic N) is 5. The molecule has 3 N–H and O–H groups in total. The Morgan fingerprint density at radius 3 is 2.78 bits per heavy atom. The minimum atomic E-state index is -2.50. The van der Waals surface area contributed by atoms with Gasteiger partial charge in [-0.3, -0.25) is 9.58 Å². The van der Waals surface area contributed by atoms with Crippen LogP contribution in [-0.2, 0) is 6.54 Å². The van der Waals surface area contributed by atoms with Gasteiger partial charge >= 0.3 is 0 Å². The molecule has 1 unspecified atom stereocenters. The van der Waals surface area contributed by atoms with Crippen LogP contribution in [-0.4, -0.2) is 61.7 Å². The molecule has 8 nitrogen and oxygen atoms in total. The SMILES string of the molecule is CC(c1ccnc(Nc2nc3ccc(-c4cnn(CC5CC(F)(F)C5)c4)cc3[nH]2)c1)N1CCNCC1. The summed E-state index contributed by atoms with van der Waals surface area (Å²) >= 11 is 0. The van der Waals surface area contributed by atoms with E-state index in [1.165, 1.54) is 5.56 Å². The Morgan fingerprint density at radius 2 is 1.97 bits per heavy atom. The first-order valence-corrected chi connectivity index (χ1v) is 12.5. The van der Waals surface area contributed by atoms with E-state index >= 15 is 0 Å². The summed E-state index contributed by atoms with van der Waals surface area (Å²) in [4.78, 5) is 15.0. The Morgan fingerprint density at radius 1 is 1.14 bits per heavy atom. The van der Waals surface area contributed by atoms with Gasteiger partial charge in [0.2, 0.25) is 11.9 Å². The lowest BCUT2D eigenvalue weighted by Crippen LogP contribution is -2.44. The standard InChI is InChI=1S/C26H30F2N8/c1-17(35-8-6-29-7-9-35)19-4-5-30-24(11-19)34-25-32-22-3-2-20(10-23(22)33-25)21-14-31-36(16-21)15-18-12-26(27,28)13-18/h2-5,10-11,14,16-18,29H,6-9,12-13,15H2,1H3,(H2,30,32,33,34). The van der Waals surface area contributed by atoms with Gasteiger partial charge in [-0.2, -0.15) is 5.10 Å². The number of rotatable bonds is 7. The predicted octanol–water partition coefficient (Wildman–Crippen LogP) is 4.58. The zero-order valence-electron chi connectivity index (χ0n) is 20.2. The zero-order valence-corrected chi connectivity index (χ0v) is 20.2. The molecule has 1 saturated carbocycles. The summed E-state index contributed by atoms with van der Waals surface area (Å²) in [6.45, 7) is 6.86. The number of piperazine rings is 1. The highest BCUT2D eigenvalue weighted by Gasteiger charge is 2.45. The quantitative estimate of drug-likeness (QED) is 0.350. The summed E-state index contributed by atoms with van der Waals surface area (Å²) in [5.41, 5.74) is 4.90. The number of hydrogen-bond donors (Lipinski definition) is 3. The number of aromatic amines is 1. The normalized spacial score (nSPS) is 19.3. The lowest BCUT2D eigenvalue weighted by molar-refractivity contribution is -0.114. The maximum atomic E-state index is 13.1. The van der Waals surface area contributed by atoms with Crippen molar-refractivity contribution in [1.82, 2.24) is 34.9 Å². The van der Waals surface area contributed by atoms with E-state index < -0.39 is 5.92 Å². The molecule has 2 fully saturated rings. The van der Waals surface area contributed by atoms with Gasteiger partial charge < -0.3 is 15.6 Å². The summed E-state index contributed by atoms with van der Waals surface area (Å²) in [6, 6.07) is 10.5. The molecular formula is C26H30F2N8. The van der Waals surface area contributed by atoms with Crippen molar-refractivity contribution < 1.29 is 8.78 Å². The van der Waals surface area contributed by atoms with Crippen molar-refractivity contribution in [3.05, 3.63) is 54.5 Å². The van der Waals surface area contributed by atoms with Gasteiger partial charge in [0.25, 0.3) is 0 Å². The average Bonchev–Trinajstić information content (AvgIpc) is 3.49. The van der Waals surface area contributed by atoms with E-state index in [4.69, 9.17) is 0 Å². The Balaban J connectivity index is 1.15. The topological polar surface area (TPSA) is 86.7 Å². The molecule has 188 valence electrons. The Hall–Kier alpha value is -3.37. The predicted molar refractivity (Wildman–Crippen MR) is 135 cm³/mol. The van der Waals surface area contributed by atoms with Crippen molar-refractivity contribution in [2.24, 2.45) is 5.92 Å². The van der Waals surface area contributed by atoms with Crippen LogP contribution in [0, 0.1) is 5.92 Å². The highest BCUT2D eigenvalue weighted by atomic mass is 19.3. The van der Waals surface area contributed by atoms with E-state index in [0.29, 0.717) is 18.5 Å². The maximum absolute atomic E-state index is 13.1. The number of imidazole rings is 1. The van der Waals surface area contributed by atoms with Crippen LogP contribution in [0.5, 0.6) is 0 Å². The molecule has 6 rings (SSSR count). The molecule has 1 aliphatic carbocycles. The molecule has 1 aromatic carbocycles. The number of H-pyrrole nitrogens is 1. The molecule has 0 spiro atoms. The molecule has 2 aliphatic rings. The van der Waals surface area contributed by atoms with Crippen molar-refractivity contribution in [1.29, 1.82) is 0 Å². The van der Waals surface area contributed by atoms with Gasteiger partial charge in [0, 0.05) is 69.6 Å². The second kappa shape index (κ2) is 9.25. The van der Waals surface area contributed by atoms with Gasteiger partial charge in [-0.25, -0.2) is 18.7 Å². The Labute approximate surface area is 208 Å². The lowest BCUT2D eigenvalue weighted by Gasteiger charge is -2.34. The highest BCUT2D eigenvalue weighted by molar-refractivity contribution is 5.83. The average molecular weight is 493 g/mol.